The van der Waals surface area contributed by atoms with Crippen LogP contribution in [0.3, 0.4) is 0 Å². The minimum atomic E-state index is -2.02. The van der Waals surface area contributed by atoms with Crippen LogP contribution in [0.5, 0.6) is 0 Å². The topological polar surface area (TPSA) is 68.8 Å². The van der Waals surface area contributed by atoms with Crippen LogP contribution in [0.15, 0.2) is 12.3 Å². The summed E-state index contributed by atoms with van der Waals surface area (Å²) < 4.78 is 20.0. The number of aromatic nitrogens is 2. The summed E-state index contributed by atoms with van der Waals surface area (Å²) in [5.74, 6) is 0.0139. The molecule has 1 aromatic heterocycles. The van der Waals surface area contributed by atoms with E-state index in [0.29, 0.717) is 5.69 Å². The first-order chi connectivity index (χ1) is 4.29. The lowest BCUT2D eigenvalue weighted by Gasteiger charge is -1.99. The zero-order chi connectivity index (χ0) is 6.69. The molecule has 0 saturated heterocycles. The van der Waals surface area contributed by atoms with Crippen molar-refractivity contribution in [2.24, 2.45) is 0 Å². The second kappa shape index (κ2) is 2.75. The van der Waals surface area contributed by atoms with Gasteiger partial charge in [0.25, 0.3) is 0 Å². The van der Waals surface area contributed by atoms with Gasteiger partial charge in [-0.05, 0) is 17.1 Å². The largest absolute Gasteiger partial charge is 0.772 e. The van der Waals surface area contributed by atoms with Crippen LogP contribution in [0.1, 0.15) is 5.69 Å². The molecule has 1 aromatic rings. The van der Waals surface area contributed by atoms with E-state index >= 15 is 0 Å². The number of hydrogen-bond acceptors (Lipinski definition) is 3. The number of rotatable bonds is 2. The SMILES string of the molecule is O=S([O-])Cc1ccn[nH]1. The van der Waals surface area contributed by atoms with E-state index in [0.717, 1.165) is 0 Å². The van der Waals surface area contributed by atoms with Gasteiger partial charge in [-0.1, -0.05) is 0 Å². The fourth-order valence-electron chi connectivity index (χ4n) is 0.492. The van der Waals surface area contributed by atoms with E-state index in [1.807, 2.05) is 0 Å². The minimum Gasteiger partial charge on any atom is -0.772 e. The van der Waals surface area contributed by atoms with Crippen LogP contribution in [0, 0.1) is 0 Å². The third kappa shape index (κ3) is 1.95. The lowest BCUT2D eigenvalue weighted by Crippen LogP contribution is -1.92. The molecule has 1 atom stereocenters. The number of aromatic amines is 1. The van der Waals surface area contributed by atoms with Gasteiger partial charge in [-0.2, -0.15) is 5.10 Å². The number of H-pyrrole nitrogens is 1. The van der Waals surface area contributed by atoms with Crippen molar-refractivity contribution in [3.05, 3.63) is 18.0 Å². The first-order valence-corrected chi connectivity index (χ1v) is 3.57. The maximum atomic E-state index is 10.0. The van der Waals surface area contributed by atoms with Crippen molar-refractivity contribution in [2.75, 3.05) is 0 Å². The van der Waals surface area contributed by atoms with Gasteiger partial charge in [-0.3, -0.25) is 9.31 Å². The molecule has 50 valence electrons. The van der Waals surface area contributed by atoms with Gasteiger partial charge in [0.2, 0.25) is 0 Å². The van der Waals surface area contributed by atoms with Gasteiger partial charge in [0.15, 0.2) is 0 Å². The highest BCUT2D eigenvalue weighted by molar-refractivity contribution is 7.78. The van der Waals surface area contributed by atoms with E-state index in [4.69, 9.17) is 0 Å². The highest BCUT2D eigenvalue weighted by atomic mass is 32.2. The molecule has 0 bridgehead atoms. The summed E-state index contributed by atoms with van der Waals surface area (Å²) in [4.78, 5) is 0. The zero-order valence-electron chi connectivity index (χ0n) is 4.53. The van der Waals surface area contributed by atoms with Crippen LogP contribution >= 0.6 is 0 Å². The average Bonchev–Trinajstić information content (AvgIpc) is 2.15. The van der Waals surface area contributed by atoms with Crippen LogP contribution in [-0.4, -0.2) is 19.0 Å². The average molecular weight is 145 g/mol. The van der Waals surface area contributed by atoms with Crippen molar-refractivity contribution in [1.29, 1.82) is 0 Å². The Morgan fingerprint density at radius 1 is 1.89 bits per heavy atom. The molecule has 1 heterocycles. The van der Waals surface area contributed by atoms with E-state index in [-0.39, 0.29) is 5.75 Å². The molecule has 0 spiro atoms. The van der Waals surface area contributed by atoms with Gasteiger partial charge in [-0.15, -0.1) is 0 Å². The molecular weight excluding hydrogens is 140 g/mol. The van der Waals surface area contributed by atoms with E-state index in [1.165, 1.54) is 6.20 Å². The molecule has 4 nitrogen and oxygen atoms in total. The monoisotopic (exact) mass is 145 g/mol. The van der Waals surface area contributed by atoms with Crippen LogP contribution in [0.25, 0.3) is 0 Å². The van der Waals surface area contributed by atoms with Gasteiger partial charge >= 0.3 is 0 Å². The molecule has 0 aliphatic heterocycles. The van der Waals surface area contributed by atoms with E-state index < -0.39 is 11.1 Å². The standard InChI is InChI=1S/C4H6N2O2S/c7-9(8)3-4-1-2-5-6-4/h1-2H,3H2,(H,5,6)(H,7,8)/p-1. The van der Waals surface area contributed by atoms with Gasteiger partial charge in [0.05, 0.1) is 5.75 Å². The molecule has 0 aromatic carbocycles. The lowest BCUT2D eigenvalue weighted by atomic mass is 10.5. The molecule has 0 saturated carbocycles. The molecule has 5 heteroatoms. The Kier molecular flexibility index (Phi) is 1.96. The Hall–Kier alpha value is -0.680. The first-order valence-electron chi connectivity index (χ1n) is 2.33. The summed E-state index contributed by atoms with van der Waals surface area (Å²) in [6.45, 7) is 0. The molecule has 1 N–H and O–H groups in total. The Morgan fingerprint density at radius 3 is 3.11 bits per heavy atom. The summed E-state index contributed by atoms with van der Waals surface area (Å²) in [5.41, 5.74) is 0.614. The van der Waals surface area contributed by atoms with Crippen LogP contribution in [0.4, 0.5) is 0 Å². The first kappa shape index (κ1) is 6.44. The smallest absolute Gasteiger partial charge is 0.0520 e. The molecule has 1 unspecified atom stereocenters. The van der Waals surface area contributed by atoms with Gasteiger partial charge < -0.3 is 4.55 Å². The van der Waals surface area contributed by atoms with E-state index in [9.17, 15) is 8.76 Å². The quantitative estimate of drug-likeness (QED) is 0.585. The molecule has 1 rings (SSSR count). The Balaban J connectivity index is 2.58. The van der Waals surface area contributed by atoms with Crippen LogP contribution < -0.4 is 0 Å². The van der Waals surface area contributed by atoms with Crippen molar-refractivity contribution < 1.29 is 8.76 Å². The van der Waals surface area contributed by atoms with Gasteiger partial charge in [-0.25, -0.2) is 0 Å². The highest BCUT2D eigenvalue weighted by Crippen LogP contribution is 1.93. The molecule has 0 aliphatic rings. The molecule has 9 heavy (non-hydrogen) atoms. The third-order valence-corrected chi connectivity index (χ3v) is 1.38. The summed E-state index contributed by atoms with van der Waals surface area (Å²) in [7, 11) is 0. The molecule has 0 radical (unpaired) electrons. The van der Waals surface area contributed by atoms with Crippen molar-refractivity contribution in [2.45, 2.75) is 5.75 Å². The van der Waals surface area contributed by atoms with Gasteiger partial charge in [0, 0.05) is 11.9 Å². The maximum Gasteiger partial charge on any atom is 0.0520 e. The van der Waals surface area contributed by atoms with Crippen molar-refractivity contribution >= 4 is 11.1 Å². The summed E-state index contributed by atoms with van der Waals surface area (Å²) in [5, 5.41) is 6.10. The van der Waals surface area contributed by atoms with Crippen LogP contribution in [-0.2, 0) is 16.8 Å². The maximum absolute atomic E-state index is 10.0. The fraction of sp³-hybridized carbons (Fsp3) is 0.250. The summed E-state index contributed by atoms with van der Waals surface area (Å²) in [6, 6.07) is 1.62. The Morgan fingerprint density at radius 2 is 2.67 bits per heavy atom. The number of nitrogens with one attached hydrogen (secondary N) is 1. The second-order valence-electron chi connectivity index (χ2n) is 1.53. The van der Waals surface area contributed by atoms with Crippen LogP contribution in [0.2, 0.25) is 0 Å². The van der Waals surface area contributed by atoms with Gasteiger partial charge in [0.1, 0.15) is 0 Å². The number of hydrogen-bond donors (Lipinski definition) is 1. The van der Waals surface area contributed by atoms with Crippen molar-refractivity contribution in [1.82, 2.24) is 10.2 Å². The Bertz CT molecular complexity index is 196. The Labute approximate surface area is 54.6 Å². The predicted molar refractivity (Wildman–Crippen MR) is 31.2 cm³/mol. The summed E-state index contributed by atoms with van der Waals surface area (Å²) >= 11 is -2.02. The predicted octanol–water partition coefficient (Wildman–Crippen LogP) is -0.211. The second-order valence-corrected chi connectivity index (χ2v) is 2.43. The zero-order valence-corrected chi connectivity index (χ0v) is 5.35. The van der Waals surface area contributed by atoms with Crippen molar-refractivity contribution in [3.8, 4) is 0 Å². The molecule has 0 fully saturated rings. The van der Waals surface area contributed by atoms with Crippen molar-refractivity contribution in [3.63, 3.8) is 0 Å². The van der Waals surface area contributed by atoms with E-state index in [2.05, 4.69) is 10.2 Å². The highest BCUT2D eigenvalue weighted by Gasteiger charge is 1.89. The fourth-order valence-corrected chi connectivity index (χ4v) is 0.907. The lowest BCUT2D eigenvalue weighted by molar-refractivity contribution is 0.535. The normalized spacial score (nSPS) is 13.4. The minimum absolute atomic E-state index is 0.0139. The number of nitrogens with zero attached hydrogens (tertiary/aromatic N) is 1. The summed E-state index contributed by atoms with van der Waals surface area (Å²) in [6.07, 6.45) is 1.52. The third-order valence-electron chi connectivity index (χ3n) is 0.832. The molecule has 0 aliphatic carbocycles. The molecular formula is C4H5N2O2S-. The molecule has 0 amide bonds. The van der Waals surface area contributed by atoms with E-state index in [1.54, 1.807) is 6.07 Å².